The molecule has 96 valence electrons. The van der Waals surface area contributed by atoms with Crippen LogP contribution in [0.2, 0.25) is 0 Å². The van der Waals surface area contributed by atoms with E-state index in [9.17, 15) is 17.6 Å². The first-order valence-electron chi connectivity index (χ1n) is 4.72. The molecule has 0 unspecified atom stereocenters. The topological polar surface area (TPSA) is 21.3 Å². The third kappa shape index (κ3) is 5.88. The molecule has 1 aromatic carbocycles. The van der Waals surface area contributed by atoms with Crippen molar-refractivity contribution >= 4 is 21.6 Å². The molecule has 2 nitrogen and oxygen atoms in total. The molecule has 0 radical (unpaired) electrons. The van der Waals surface area contributed by atoms with Crippen LogP contribution in [0.3, 0.4) is 0 Å². The zero-order chi connectivity index (χ0) is 12.9. The second-order valence-corrected chi connectivity index (χ2v) is 4.13. The van der Waals surface area contributed by atoms with Gasteiger partial charge in [0.05, 0.1) is 12.3 Å². The number of ether oxygens (including phenoxy) is 1. The lowest BCUT2D eigenvalue weighted by atomic mass is 10.3. The van der Waals surface area contributed by atoms with Gasteiger partial charge in [-0.2, -0.15) is 13.2 Å². The Bertz CT molecular complexity index is 370. The predicted octanol–water partition coefficient (Wildman–Crippen LogP) is 3.58. The van der Waals surface area contributed by atoms with Crippen molar-refractivity contribution in [1.29, 1.82) is 0 Å². The Morgan fingerprint density at radius 1 is 1.29 bits per heavy atom. The molecule has 1 N–H and O–H groups in total. The SMILES string of the molecule is Fc1ccc(Br)cc1NCCOCC(F)(F)F. The van der Waals surface area contributed by atoms with Crippen LogP contribution in [0.15, 0.2) is 22.7 Å². The van der Waals surface area contributed by atoms with E-state index in [1.165, 1.54) is 18.2 Å². The highest BCUT2D eigenvalue weighted by atomic mass is 79.9. The second-order valence-electron chi connectivity index (χ2n) is 3.22. The van der Waals surface area contributed by atoms with E-state index in [1.54, 1.807) is 0 Å². The van der Waals surface area contributed by atoms with Crippen LogP contribution >= 0.6 is 15.9 Å². The van der Waals surface area contributed by atoms with Crippen molar-refractivity contribution in [3.63, 3.8) is 0 Å². The van der Waals surface area contributed by atoms with Crippen LogP contribution in [0.25, 0.3) is 0 Å². The maximum absolute atomic E-state index is 13.2. The van der Waals surface area contributed by atoms with E-state index >= 15 is 0 Å². The van der Waals surface area contributed by atoms with Gasteiger partial charge in [0.2, 0.25) is 0 Å². The molecule has 0 aromatic heterocycles. The molecule has 0 aliphatic carbocycles. The standard InChI is InChI=1S/C10H10BrF4NO/c11-7-1-2-8(12)9(5-7)16-3-4-17-6-10(13,14)15/h1-2,5,16H,3-4,6H2. The summed E-state index contributed by atoms with van der Waals surface area (Å²) in [7, 11) is 0. The minimum Gasteiger partial charge on any atom is -0.380 e. The van der Waals surface area contributed by atoms with Crippen LogP contribution in [-0.4, -0.2) is 25.9 Å². The number of benzene rings is 1. The molecule has 1 aromatic rings. The zero-order valence-electron chi connectivity index (χ0n) is 8.65. The number of rotatable bonds is 5. The van der Waals surface area contributed by atoms with E-state index in [0.717, 1.165) is 0 Å². The van der Waals surface area contributed by atoms with E-state index in [0.29, 0.717) is 4.47 Å². The molecule has 0 bridgehead atoms. The summed E-state index contributed by atoms with van der Waals surface area (Å²) in [6.07, 6.45) is -4.33. The molecule has 17 heavy (non-hydrogen) atoms. The van der Waals surface area contributed by atoms with E-state index in [2.05, 4.69) is 26.0 Å². The quantitative estimate of drug-likeness (QED) is 0.662. The zero-order valence-corrected chi connectivity index (χ0v) is 10.2. The maximum Gasteiger partial charge on any atom is 0.411 e. The molecule has 0 saturated carbocycles. The minimum atomic E-state index is -4.33. The van der Waals surface area contributed by atoms with E-state index in [1.807, 2.05) is 0 Å². The number of nitrogens with one attached hydrogen (secondary N) is 1. The van der Waals surface area contributed by atoms with Gasteiger partial charge in [0.25, 0.3) is 0 Å². The fraction of sp³-hybridized carbons (Fsp3) is 0.400. The molecule has 0 fully saturated rings. The molecular formula is C10H10BrF4NO. The van der Waals surface area contributed by atoms with Gasteiger partial charge in [0, 0.05) is 11.0 Å². The van der Waals surface area contributed by atoms with Crippen molar-refractivity contribution in [2.45, 2.75) is 6.18 Å². The lowest BCUT2D eigenvalue weighted by molar-refractivity contribution is -0.172. The Kier molecular flexibility index (Phi) is 5.20. The van der Waals surface area contributed by atoms with Gasteiger partial charge in [-0.15, -0.1) is 0 Å². The summed E-state index contributed by atoms with van der Waals surface area (Å²) in [4.78, 5) is 0. The molecule has 0 spiro atoms. The fourth-order valence-electron chi connectivity index (χ4n) is 1.08. The van der Waals surface area contributed by atoms with Crippen LogP contribution in [-0.2, 0) is 4.74 Å². The largest absolute Gasteiger partial charge is 0.411 e. The van der Waals surface area contributed by atoms with Gasteiger partial charge in [-0.25, -0.2) is 4.39 Å². The Morgan fingerprint density at radius 2 is 2.00 bits per heavy atom. The van der Waals surface area contributed by atoms with Crippen molar-refractivity contribution in [3.05, 3.63) is 28.5 Å². The van der Waals surface area contributed by atoms with Crippen molar-refractivity contribution in [1.82, 2.24) is 0 Å². The summed E-state index contributed by atoms with van der Waals surface area (Å²) in [6, 6.07) is 4.28. The van der Waals surface area contributed by atoms with Crippen molar-refractivity contribution < 1.29 is 22.3 Å². The average Bonchev–Trinajstić information content (AvgIpc) is 2.21. The maximum atomic E-state index is 13.2. The molecule has 0 saturated heterocycles. The molecule has 0 aliphatic rings. The summed E-state index contributed by atoms with van der Waals surface area (Å²) in [6.45, 7) is -1.34. The van der Waals surface area contributed by atoms with Crippen LogP contribution in [0.5, 0.6) is 0 Å². The van der Waals surface area contributed by atoms with Crippen molar-refractivity contribution in [3.8, 4) is 0 Å². The number of halogens is 5. The first-order chi connectivity index (χ1) is 7.88. The first kappa shape index (κ1) is 14.2. The summed E-state index contributed by atoms with van der Waals surface area (Å²) >= 11 is 3.16. The normalized spacial score (nSPS) is 11.6. The smallest absolute Gasteiger partial charge is 0.380 e. The Labute approximate surface area is 104 Å². The fourth-order valence-corrected chi connectivity index (χ4v) is 1.44. The van der Waals surface area contributed by atoms with Gasteiger partial charge in [-0.1, -0.05) is 15.9 Å². The summed E-state index contributed by atoms with van der Waals surface area (Å²) in [5, 5.41) is 2.64. The predicted molar refractivity (Wildman–Crippen MR) is 59.5 cm³/mol. The highest BCUT2D eigenvalue weighted by Crippen LogP contribution is 2.19. The third-order valence-corrected chi connectivity index (χ3v) is 2.25. The van der Waals surface area contributed by atoms with Gasteiger partial charge < -0.3 is 10.1 Å². The molecule has 0 aliphatic heterocycles. The number of anilines is 1. The van der Waals surface area contributed by atoms with Gasteiger partial charge in [-0.3, -0.25) is 0 Å². The minimum absolute atomic E-state index is 0.101. The van der Waals surface area contributed by atoms with Gasteiger partial charge in [0.15, 0.2) is 0 Å². The molecule has 1 rings (SSSR count). The number of hydrogen-bond acceptors (Lipinski definition) is 2. The molecular weight excluding hydrogens is 306 g/mol. The first-order valence-corrected chi connectivity index (χ1v) is 5.51. The van der Waals surface area contributed by atoms with Crippen molar-refractivity contribution in [2.75, 3.05) is 25.1 Å². The van der Waals surface area contributed by atoms with Crippen LogP contribution in [0.1, 0.15) is 0 Å². The molecule has 0 amide bonds. The van der Waals surface area contributed by atoms with Crippen LogP contribution < -0.4 is 5.32 Å². The van der Waals surface area contributed by atoms with Gasteiger partial charge in [0.1, 0.15) is 12.4 Å². The average molecular weight is 316 g/mol. The third-order valence-electron chi connectivity index (χ3n) is 1.76. The lowest BCUT2D eigenvalue weighted by Crippen LogP contribution is -2.20. The lowest BCUT2D eigenvalue weighted by Gasteiger charge is -2.10. The Balaban J connectivity index is 2.29. The number of alkyl halides is 3. The van der Waals surface area contributed by atoms with Gasteiger partial charge >= 0.3 is 6.18 Å². The highest BCUT2D eigenvalue weighted by Gasteiger charge is 2.27. The molecule has 0 atom stereocenters. The second kappa shape index (κ2) is 6.20. The Morgan fingerprint density at radius 3 is 2.65 bits per heavy atom. The Hall–Kier alpha value is -0.820. The molecule has 0 heterocycles. The summed E-state index contributed by atoms with van der Waals surface area (Å²) in [5.74, 6) is -0.468. The molecule has 7 heteroatoms. The summed E-state index contributed by atoms with van der Waals surface area (Å²) in [5.41, 5.74) is 0.218. The van der Waals surface area contributed by atoms with Gasteiger partial charge in [-0.05, 0) is 18.2 Å². The van der Waals surface area contributed by atoms with E-state index in [4.69, 9.17) is 0 Å². The van der Waals surface area contributed by atoms with E-state index < -0.39 is 18.6 Å². The number of hydrogen-bond donors (Lipinski definition) is 1. The highest BCUT2D eigenvalue weighted by molar-refractivity contribution is 9.10. The van der Waals surface area contributed by atoms with E-state index in [-0.39, 0.29) is 18.8 Å². The van der Waals surface area contributed by atoms with Crippen LogP contribution in [0, 0.1) is 5.82 Å². The van der Waals surface area contributed by atoms with Crippen LogP contribution in [0.4, 0.5) is 23.2 Å². The van der Waals surface area contributed by atoms with Crippen molar-refractivity contribution in [2.24, 2.45) is 0 Å². The summed E-state index contributed by atoms with van der Waals surface area (Å²) < 4.78 is 53.3. The monoisotopic (exact) mass is 315 g/mol.